The molecule has 0 unspecified atom stereocenters. The standard InChI is InChI=1S/C22H24N2O3/c1-5-12-24-21(25)19(16-8-6-7-9-18(16)27-4)20(22(24)26)23-17-11-10-14(2)13-15(17)3/h6-11,13,23H,5,12H2,1-4H3. The summed E-state index contributed by atoms with van der Waals surface area (Å²) in [5.74, 6) is -0.0340. The Labute approximate surface area is 159 Å². The predicted octanol–water partition coefficient (Wildman–Crippen LogP) is 3.91. The molecule has 0 spiro atoms. The van der Waals surface area contributed by atoms with Gasteiger partial charge in [-0.1, -0.05) is 42.8 Å². The molecule has 1 heterocycles. The van der Waals surface area contributed by atoms with Crippen LogP contribution in [0.1, 0.15) is 30.0 Å². The molecule has 0 saturated carbocycles. The summed E-state index contributed by atoms with van der Waals surface area (Å²) in [6.45, 7) is 6.32. The van der Waals surface area contributed by atoms with Crippen molar-refractivity contribution in [2.24, 2.45) is 0 Å². The van der Waals surface area contributed by atoms with Crippen LogP contribution < -0.4 is 10.1 Å². The molecule has 0 aliphatic carbocycles. The molecule has 3 rings (SSSR count). The highest BCUT2D eigenvalue weighted by Gasteiger charge is 2.39. The lowest BCUT2D eigenvalue weighted by Gasteiger charge is -2.14. The third kappa shape index (κ3) is 3.45. The summed E-state index contributed by atoms with van der Waals surface area (Å²) in [5.41, 5.74) is 4.22. The second-order valence-electron chi connectivity index (χ2n) is 6.66. The summed E-state index contributed by atoms with van der Waals surface area (Å²) in [7, 11) is 1.56. The first-order chi connectivity index (χ1) is 13.0. The number of methoxy groups -OCH3 is 1. The fraction of sp³-hybridized carbons (Fsp3) is 0.273. The molecule has 0 atom stereocenters. The van der Waals surface area contributed by atoms with Gasteiger partial charge < -0.3 is 10.1 Å². The van der Waals surface area contributed by atoms with E-state index in [4.69, 9.17) is 4.74 Å². The molecule has 27 heavy (non-hydrogen) atoms. The van der Waals surface area contributed by atoms with Crippen LogP contribution in [-0.2, 0) is 9.59 Å². The number of imide groups is 1. The van der Waals surface area contributed by atoms with Gasteiger partial charge in [-0.25, -0.2) is 0 Å². The van der Waals surface area contributed by atoms with Crippen LogP contribution in [0.25, 0.3) is 5.57 Å². The van der Waals surface area contributed by atoms with E-state index in [1.807, 2.05) is 51.1 Å². The second kappa shape index (κ2) is 7.66. The summed E-state index contributed by atoms with van der Waals surface area (Å²) in [5, 5.41) is 3.22. The average molecular weight is 364 g/mol. The third-order valence-corrected chi connectivity index (χ3v) is 4.63. The maximum absolute atomic E-state index is 13.1. The van der Waals surface area contributed by atoms with Crippen LogP contribution in [0.3, 0.4) is 0 Å². The number of para-hydroxylation sites is 1. The Hall–Kier alpha value is -3.08. The Morgan fingerprint density at radius 3 is 2.44 bits per heavy atom. The summed E-state index contributed by atoms with van der Waals surface area (Å²) >= 11 is 0. The minimum Gasteiger partial charge on any atom is -0.496 e. The summed E-state index contributed by atoms with van der Waals surface area (Å²) in [4.78, 5) is 27.4. The number of hydrogen-bond acceptors (Lipinski definition) is 4. The largest absolute Gasteiger partial charge is 0.496 e. The Morgan fingerprint density at radius 2 is 1.78 bits per heavy atom. The summed E-state index contributed by atoms with van der Waals surface area (Å²) < 4.78 is 5.43. The molecule has 1 aliphatic heterocycles. The normalized spacial score (nSPS) is 14.1. The molecule has 2 aromatic carbocycles. The average Bonchev–Trinajstić information content (AvgIpc) is 2.88. The Kier molecular flexibility index (Phi) is 5.31. The minimum absolute atomic E-state index is 0.293. The molecule has 5 nitrogen and oxygen atoms in total. The molecular formula is C22H24N2O3. The van der Waals surface area contributed by atoms with Gasteiger partial charge in [-0.3, -0.25) is 14.5 Å². The first kappa shape index (κ1) is 18.7. The summed E-state index contributed by atoms with van der Waals surface area (Å²) in [6.07, 6.45) is 0.702. The van der Waals surface area contributed by atoms with E-state index in [1.54, 1.807) is 19.2 Å². The lowest BCUT2D eigenvalue weighted by molar-refractivity contribution is -0.136. The van der Waals surface area contributed by atoms with E-state index in [9.17, 15) is 9.59 Å². The number of hydrogen-bond donors (Lipinski definition) is 1. The second-order valence-corrected chi connectivity index (χ2v) is 6.66. The van der Waals surface area contributed by atoms with Crippen LogP contribution in [-0.4, -0.2) is 30.4 Å². The van der Waals surface area contributed by atoms with Gasteiger partial charge in [0.25, 0.3) is 11.8 Å². The zero-order chi connectivity index (χ0) is 19.6. The molecule has 0 bridgehead atoms. The number of rotatable bonds is 6. The van der Waals surface area contributed by atoms with Crippen molar-refractivity contribution in [2.75, 3.05) is 19.0 Å². The number of aryl methyl sites for hydroxylation is 2. The van der Waals surface area contributed by atoms with Crippen molar-refractivity contribution in [1.82, 2.24) is 4.90 Å². The monoisotopic (exact) mass is 364 g/mol. The van der Waals surface area contributed by atoms with Crippen molar-refractivity contribution in [2.45, 2.75) is 27.2 Å². The predicted molar refractivity (Wildman–Crippen MR) is 106 cm³/mol. The lowest BCUT2D eigenvalue weighted by atomic mass is 10.0. The van der Waals surface area contributed by atoms with Crippen molar-refractivity contribution < 1.29 is 14.3 Å². The van der Waals surface area contributed by atoms with Gasteiger partial charge in [0.05, 0.1) is 12.7 Å². The number of nitrogens with one attached hydrogen (secondary N) is 1. The van der Waals surface area contributed by atoms with Crippen molar-refractivity contribution in [1.29, 1.82) is 0 Å². The van der Waals surface area contributed by atoms with Gasteiger partial charge in [0.1, 0.15) is 11.4 Å². The number of carbonyl (C=O) groups excluding carboxylic acids is 2. The van der Waals surface area contributed by atoms with Gasteiger partial charge in [-0.05, 0) is 38.0 Å². The number of anilines is 1. The SMILES string of the molecule is CCCN1C(=O)C(Nc2ccc(C)cc2C)=C(c2ccccc2OC)C1=O. The van der Waals surface area contributed by atoms with Crippen LogP contribution in [0, 0.1) is 13.8 Å². The molecule has 0 saturated heterocycles. The molecule has 0 aromatic heterocycles. The molecule has 1 N–H and O–H groups in total. The van der Waals surface area contributed by atoms with E-state index in [2.05, 4.69) is 5.32 Å². The van der Waals surface area contributed by atoms with Crippen LogP contribution in [0.5, 0.6) is 5.75 Å². The fourth-order valence-electron chi connectivity index (χ4n) is 3.31. The molecule has 140 valence electrons. The molecule has 0 radical (unpaired) electrons. The number of benzene rings is 2. The molecule has 5 heteroatoms. The first-order valence-electron chi connectivity index (χ1n) is 9.06. The smallest absolute Gasteiger partial charge is 0.278 e. The molecule has 0 fully saturated rings. The Balaban J connectivity index is 2.14. The number of nitrogens with zero attached hydrogens (tertiary/aromatic N) is 1. The lowest BCUT2D eigenvalue weighted by Crippen LogP contribution is -2.33. The first-order valence-corrected chi connectivity index (χ1v) is 9.06. The maximum Gasteiger partial charge on any atom is 0.278 e. The molecule has 1 aliphatic rings. The van der Waals surface area contributed by atoms with Gasteiger partial charge in [-0.15, -0.1) is 0 Å². The highest BCUT2D eigenvalue weighted by Crippen LogP contribution is 2.35. The quantitative estimate of drug-likeness (QED) is 0.790. The zero-order valence-corrected chi connectivity index (χ0v) is 16.1. The van der Waals surface area contributed by atoms with Crippen LogP contribution in [0.2, 0.25) is 0 Å². The van der Waals surface area contributed by atoms with Crippen molar-refractivity contribution in [3.05, 3.63) is 64.9 Å². The number of carbonyl (C=O) groups is 2. The van der Waals surface area contributed by atoms with E-state index < -0.39 is 0 Å². The van der Waals surface area contributed by atoms with Crippen LogP contribution in [0.4, 0.5) is 5.69 Å². The van der Waals surface area contributed by atoms with Gasteiger partial charge >= 0.3 is 0 Å². The van der Waals surface area contributed by atoms with E-state index in [0.29, 0.717) is 35.5 Å². The van der Waals surface area contributed by atoms with Gasteiger partial charge in [0.2, 0.25) is 0 Å². The van der Waals surface area contributed by atoms with Gasteiger partial charge in [0, 0.05) is 17.8 Å². The van der Waals surface area contributed by atoms with E-state index in [1.165, 1.54) is 4.90 Å². The summed E-state index contributed by atoms with van der Waals surface area (Å²) in [6, 6.07) is 13.2. The third-order valence-electron chi connectivity index (χ3n) is 4.63. The molecular weight excluding hydrogens is 340 g/mol. The highest BCUT2D eigenvalue weighted by molar-refractivity contribution is 6.37. The highest BCUT2D eigenvalue weighted by atomic mass is 16.5. The van der Waals surface area contributed by atoms with E-state index >= 15 is 0 Å². The zero-order valence-electron chi connectivity index (χ0n) is 16.1. The Bertz CT molecular complexity index is 931. The maximum atomic E-state index is 13.1. The van der Waals surface area contributed by atoms with E-state index in [0.717, 1.165) is 16.8 Å². The molecule has 2 aromatic rings. The van der Waals surface area contributed by atoms with Gasteiger partial charge in [0.15, 0.2) is 0 Å². The Morgan fingerprint density at radius 1 is 1.04 bits per heavy atom. The number of amides is 2. The van der Waals surface area contributed by atoms with E-state index in [-0.39, 0.29) is 11.8 Å². The minimum atomic E-state index is -0.303. The topological polar surface area (TPSA) is 58.6 Å². The van der Waals surface area contributed by atoms with Crippen molar-refractivity contribution in [3.63, 3.8) is 0 Å². The fourth-order valence-corrected chi connectivity index (χ4v) is 3.31. The van der Waals surface area contributed by atoms with Crippen LogP contribution >= 0.6 is 0 Å². The van der Waals surface area contributed by atoms with Crippen molar-refractivity contribution >= 4 is 23.1 Å². The van der Waals surface area contributed by atoms with Gasteiger partial charge in [-0.2, -0.15) is 0 Å². The number of ether oxygens (including phenoxy) is 1. The van der Waals surface area contributed by atoms with Crippen molar-refractivity contribution in [3.8, 4) is 5.75 Å². The van der Waals surface area contributed by atoms with Crippen LogP contribution in [0.15, 0.2) is 48.2 Å². The molecule has 2 amide bonds.